The van der Waals surface area contributed by atoms with Crippen LogP contribution in [0.3, 0.4) is 0 Å². The first-order valence-corrected chi connectivity index (χ1v) is 9.27. The van der Waals surface area contributed by atoms with E-state index in [-0.39, 0.29) is 24.6 Å². The second kappa shape index (κ2) is 7.75. The SMILES string of the molecule is CCCCC1CN2C(CC1=O)c1cc(OC)c(OC)cc1C[C@H]2CO. The zero-order valence-corrected chi connectivity index (χ0v) is 15.5. The van der Waals surface area contributed by atoms with Crippen LogP contribution in [0.4, 0.5) is 0 Å². The molecule has 3 rings (SSSR count). The van der Waals surface area contributed by atoms with Crippen LogP contribution in [0.25, 0.3) is 0 Å². The predicted molar refractivity (Wildman–Crippen MR) is 96.2 cm³/mol. The van der Waals surface area contributed by atoms with Gasteiger partial charge in [0.1, 0.15) is 5.78 Å². The van der Waals surface area contributed by atoms with Gasteiger partial charge in [0.2, 0.25) is 0 Å². The van der Waals surface area contributed by atoms with Crippen LogP contribution in [0, 0.1) is 5.92 Å². The van der Waals surface area contributed by atoms with E-state index < -0.39 is 0 Å². The summed E-state index contributed by atoms with van der Waals surface area (Å²) in [6, 6.07) is 4.11. The van der Waals surface area contributed by atoms with Gasteiger partial charge < -0.3 is 14.6 Å². The molecule has 1 saturated heterocycles. The number of hydrogen-bond donors (Lipinski definition) is 1. The fourth-order valence-corrected chi connectivity index (χ4v) is 4.32. The largest absolute Gasteiger partial charge is 0.493 e. The molecule has 1 aromatic carbocycles. The van der Waals surface area contributed by atoms with Crippen LogP contribution in [0.2, 0.25) is 0 Å². The summed E-state index contributed by atoms with van der Waals surface area (Å²) in [6.07, 6.45) is 4.44. The fourth-order valence-electron chi connectivity index (χ4n) is 4.32. The number of hydrogen-bond acceptors (Lipinski definition) is 5. The Morgan fingerprint density at radius 3 is 2.56 bits per heavy atom. The minimum atomic E-state index is 0.0334. The molecule has 3 atom stereocenters. The molecule has 0 amide bonds. The highest BCUT2D eigenvalue weighted by molar-refractivity contribution is 5.83. The quantitative estimate of drug-likeness (QED) is 0.857. The summed E-state index contributed by atoms with van der Waals surface area (Å²) in [5.74, 6) is 1.86. The molecule has 0 aromatic heterocycles. The van der Waals surface area contributed by atoms with Crippen molar-refractivity contribution in [3.8, 4) is 11.5 Å². The molecule has 138 valence electrons. The van der Waals surface area contributed by atoms with Gasteiger partial charge in [0.25, 0.3) is 0 Å². The standard InChI is InChI=1S/C20H29NO4/c1-4-5-6-13-11-21-15(12-22)7-14-8-19(24-2)20(25-3)9-16(14)17(21)10-18(13)23/h8-9,13,15,17,22H,4-7,10-12H2,1-3H3/t13?,15-,17?/m0/s1. The summed E-state index contributed by atoms with van der Waals surface area (Å²) in [6.45, 7) is 3.02. The zero-order chi connectivity index (χ0) is 18.0. The minimum Gasteiger partial charge on any atom is -0.493 e. The van der Waals surface area contributed by atoms with E-state index in [1.165, 1.54) is 0 Å². The molecule has 0 aliphatic carbocycles. The Balaban J connectivity index is 1.94. The molecule has 0 radical (unpaired) electrons. The van der Waals surface area contributed by atoms with E-state index in [0.29, 0.717) is 23.7 Å². The molecule has 25 heavy (non-hydrogen) atoms. The van der Waals surface area contributed by atoms with Crippen LogP contribution in [-0.2, 0) is 11.2 Å². The number of aliphatic hydroxyl groups is 1. The Morgan fingerprint density at radius 2 is 1.92 bits per heavy atom. The molecule has 0 bridgehead atoms. The number of ether oxygens (including phenoxy) is 2. The van der Waals surface area contributed by atoms with Gasteiger partial charge in [-0.3, -0.25) is 9.69 Å². The van der Waals surface area contributed by atoms with Crippen molar-refractivity contribution in [2.75, 3.05) is 27.4 Å². The molecule has 0 saturated carbocycles. The van der Waals surface area contributed by atoms with Crippen molar-refractivity contribution in [1.29, 1.82) is 0 Å². The van der Waals surface area contributed by atoms with Crippen molar-refractivity contribution in [2.45, 2.75) is 51.1 Å². The van der Waals surface area contributed by atoms with Crippen LogP contribution in [0.5, 0.6) is 11.5 Å². The number of fused-ring (bicyclic) bond motifs is 3. The number of nitrogens with zero attached hydrogens (tertiary/aromatic N) is 1. The van der Waals surface area contributed by atoms with Gasteiger partial charge in [-0.2, -0.15) is 0 Å². The summed E-state index contributed by atoms with van der Waals surface area (Å²) in [5, 5.41) is 9.93. The molecule has 2 heterocycles. The zero-order valence-electron chi connectivity index (χ0n) is 15.5. The third-order valence-electron chi connectivity index (χ3n) is 5.73. The second-order valence-corrected chi connectivity index (χ2v) is 7.17. The normalized spacial score (nSPS) is 26.1. The fraction of sp³-hybridized carbons (Fsp3) is 0.650. The minimum absolute atomic E-state index is 0.0334. The van der Waals surface area contributed by atoms with Gasteiger partial charge in [-0.05, 0) is 36.1 Å². The van der Waals surface area contributed by atoms with Crippen molar-refractivity contribution < 1.29 is 19.4 Å². The Morgan fingerprint density at radius 1 is 1.20 bits per heavy atom. The van der Waals surface area contributed by atoms with Gasteiger partial charge in [-0.25, -0.2) is 0 Å². The molecular weight excluding hydrogens is 318 g/mol. The number of methoxy groups -OCH3 is 2. The smallest absolute Gasteiger partial charge is 0.161 e. The number of ketones is 1. The van der Waals surface area contributed by atoms with Crippen molar-refractivity contribution in [2.24, 2.45) is 5.92 Å². The van der Waals surface area contributed by atoms with Crippen LogP contribution in [0.15, 0.2) is 12.1 Å². The predicted octanol–water partition coefficient (Wildman–Crippen LogP) is 2.74. The number of carbonyl (C=O) groups is 1. The van der Waals surface area contributed by atoms with E-state index in [9.17, 15) is 9.90 Å². The monoisotopic (exact) mass is 347 g/mol. The molecule has 0 spiro atoms. The molecule has 1 fully saturated rings. The van der Waals surface area contributed by atoms with Gasteiger partial charge in [-0.1, -0.05) is 19.8 Å². The molecule has 5 heteroatoms. The third kappa shape index (κ3) is 3.40. The first-order valence-electron chi connectivity index (χ1n) is 9.27. The molecule has 2 aliphatic heterocycles. The number of piperidine rings is 1. The Labute approximate surface area is 149 Å². The maximum Gasteiger partial charge on any atom is 0.161 e. The highest BCUT2D eigenvalue weighted by atomic mass is 16.5. The molecule has 1 N–H and O–H groups in total. The Kier molecular flexibility index (Phi) is 5.64. The van der Waals surface area contributed by atoms with Gasteiger partial charge in [0, 0.05) is 31.0 Å². The third-order valence-corrected chi connectivity index (χ3v) is 5.73. The number of Topliss-reactive ketones (excluding diaryl/α,β-unsaturated/α-hetero) is 1. The van der Waals surface area contributed by atoms with E-state index in [2.05, 4.69) is 11.8 Å². The number of benzene rings is 1. The van der Waals surface area contributed by atoms with Gasteiger partial charge in [0.15, 0.2) is 11.5 Å². The van der Waals surface area contributed by atoms with Crippen LogP contribution < -0.4 is 9.47 Å². The van der Waals surface area contributed by atoms with Crippen molar-refractivity contribution in [1.82, 2.24) is 4.90 Å². The lowest BCUT2D eigenvalue weighted by Gasteiger charge is -2.47. The highest BCUT2D eigenvalue weighted by Crippen LogP contribution is 2.44. The Hall–Kier alpha value is -1.59. The average molecular weight is 347 g/mol. The maximum atomic E-state index is 12.7. The average Bonchev–Trinajstić information content (AvgIpc) is 2.64. The summed E-state index contributed by atoms with van der Waals surface area (Å²) in [5.41, 5.74) is 2.29. The Bertz CT molecular complexity index is 630. The first-order chi connectivity index (χ1) is 12.1. The lowest BCUT2D eigenvalue weighted by atomic mass is 9.78. The van der Waals surface area contributed by atoms with Crippen LogP contribution in [0.1, 0.15) is 49.8 Å². The van der Waals surface area contributed by atoms with Crippen molar-refractivity contribution >= 4 is 5.78 Å². The molecule has 2 unspecified atom stereocenters. The molecule has 2 aliphatic rings. The topological polar surface area (TPSA) is 59.0 Å². The number of rotatable bonds is 6. The van der Waals surface area contributed by atoms with E-state index in [1.807, 2.05) is 12.1 Å². The highest BCUT2D eigenvalue weighted by Gasteiger charge is 2.42. The van der Waals surface area contributed by atoms with Gasteiger partial charge in [-0.15, -0.1) is 0 Å². The van der Waals surface area contributed by atoms with E-state index >= 15 is 0 Å². The van der Waals surface area contributed by atoms with Crippen molar-refractivity contribution in [3.05, 3.63) is 23.3 Å². The van der Waals surface area contributed by atoms with E-state index in [1.54, 1.807) is 14.2 Å². The summed E-state index contributed by atoms with van der Waals surface area (Å²) < 4.78 is 10.9. The van der Waals surface area contributed by atoms with Crippen LogP contribution >= 0.6 is 0 Å². The van der Waals surface area contributed by atoms with Crippen molar-refractivity contribution in [3.63, 3.8) is 0 Å². The molecule has 5 nitrogen and oxygen atoms in total. The molecule has 1 aromatic rings. The maximum absolute atomic E-state index is 12.7. The lowest BCUT2D eigenvalue weighted by Crippen LogP contribution is -2.52. The number of unbranched alkanes of at least 4 members (excludes halogenated alkanes) is 1. The van der Waals surface area contributed by atoms with E-state index in [0.717, 1.165) is 43.4 Å². The second-order valence-electron chi connectivity index (χ2n) is 7.17. The summed E-state index contributed by atoms with van der Waals surface area (Å²) >= 11 is 0. The summed E-state index contributed by atoms with van der Waals surface area (Å²) in [4.78, 5) is 15.0. The van der Waals surface area contributed by atoms with Gasteiger partial charge in [0.05, 0.1) is 20.8 Å². The lowest BCUT2D eigenvalue weighted by molar-refractivity contribution is -0.130. The van der Waals surface area contributed by atoms with E-state index in [4.69, 9.17) is 9.47 Å². The van der Waals surface area contributed by atoms with Gasteiger partial charge >= 0.3 is 0 Å². The summed E-state index contributed by atoms with van der Waals surface area (Å²) in [7, 11) is 3.26. The van der Waals surface area contributed by atoms with Crippen LogP contribution in [-0.4, -0.2) is 49.2 Å². The number of aliphatic hydroxyl groups excluding tert-OH is 1. The first kappa shape index (κ1) is 18.2. The number of carbonyl (C=O) groups excluding carboxylic acids is 1. The molecular formula is C20H29NO4.